The molecule has 0 saturated carbocycles. The van der Waals surface area contributed by atoms with Crippen molar-refractivity contribution in [1.29, 1.82) is 0 Å². The van der Waals surface area contributed by atoms with Gasteiger partial charge in [0.25, 0.3) is 0 Å². The molecule has 0 aliphatic heterocycles. The molecule has 0 fully saturated rings. The van der Waals surface area contributed by atoms with E-state index in [1.807, 2.05) is 13.8 Å². The van der Waals surface area contributed by atoms with Crippen molar-refractivity contribution < 1.29 is 4.74 Å². The summed E-state index contributed by atoms with van der Waals surface area (Å²) < 4.78 is 7.98. The standard InChI is InChI=1S/C17H25ClN2O/c1-6-21-10-16(11(2)3)20-15-9-12(4)7-8-14(15)19-17(20)13(5)18/h7-9,11,13,16H,6,10H2,1-5H3. The third kappa shape index (κ3) is 3.41. The maximum Gasteiger partial charge on any atom is 0.128 e. The van der Waals surface area contributed by atoms with Gasteiger partial charge in [-0.25, -0.2) is 4.98 Å². The molecule has 2 unspecified atom stereocenters. The van der Waals surface area contributed by atoms with E-state index in [-0.39, 0.29) is 11.4 Å². The lowest BCUT2D eigenvalue weighted by Gasteiger charge is -2.26. The molecule has 21 heavy (non-hydrogen) atoms. The molecule has 0 spiro atoms. The number of imidazole rings is 1. The van der Waals surface area contributed by atoms with Crippen molar-refractivity contribution >= 4 is 22.6 Å². The minimum absolute atomic E-state index is 0.124. The normalized spacial score (nSPS) is 14.8. The second-order valence-corrected chi connectivity index (χ2v) is 6.57. The summed E-state index contributed by atoms with van der Waals surface area (Å²) in [5.41, 5.74) is 3.39. The van der Waals surface area contributed by atoms with Crippen LogP contribution in [0.3, 0.4) is 0 Å². The minimum atomic E-state index is -0.124. The van der Waals surface area contributed by atoms with E-state index in [4.69, 9.17) is 21.3 Å². The number of nitrogens with zero attached hydrogens (tertiary/aromatic N) is 2. The van der Waals surface area contributed by atoms with E-state index >= 15 is 0 Å². The highest BCUT2D eigenvalue weighted by Crippen LogP contribution is 2.31. The number of hydrogen-bond donors (Lipinski definition) is 0. The van der Waals surface area contributed by atoms with E-state index < -0.39 is 0 Å². The first kappa shape index (κ1) is 16.3. The van der Waals surface area contributed by atoms with Crippen molar-refractivity contribution in [3.8, 4) is 0 Å². The molecule has 0 aliphatic carbocycles. The Morgan fingerprint density at radius 3 is 2.57 bits per heavy atom. The van der Waals surface area contributed by atoms with E-state index in [1.165, 1.54) is 5.56 Å². The van der Waals surface area contributed by atoms with Crippen LogP contribution in [0, 0.1) is 12.8 Å². The molecule has 0 N–H and O–H groups in total. The number of aromatic nitrogens is 2. The second kappa shape index (κ2) is 6.80. The molecule has 116 valence electrons. The maximum atomic E-state index is 6.38. The van der Waals surface area contributed by atoms with Crippen LogP contribution in [0.4, 0.5) is 0 Å². The highest BCUT2D eigenvalue weighted by atomic mass is 35.5. The van der Waals surface area contributed by atoms with Gasteiger partial charge in [-0.2, -0.15) is 0 Å². The van der Waals surface area contributed by atoms with Gasteiger partial charge in [0.05, 0.1) is 29.1 Å². The van der Waals surface area contributed by atoms with Crippen LogP contribution in [0.1, 0.15) is 50.5 Å². The fraction of sp³-hybridized carbons (Fsp3) is 0.588. The van der Waals surface area contributed by atoms with Gasteiger partial charge in [-0.1, -0.05) is 19.9 Å². The van der Waals surface area contributed by atoms with Crippen molar-refractivity contribution in [1.82, 2.24) is 9.55 Å². The predicted octanol–water partition coefficient (Wildman–Crippen LogP) is 4.88. The summed E-state index contributed by atoms with van der Waals surface area (Å²) in [7, 11) is 0. The molecule has 0 radical (unpaired) electrons. The third-order valence-corrected chi connectivity index (χ3v) is 4.02. The SMILES string of the molecule is CCOCC(C(C)C)n1c(C(C)Cl)nc2ccc(C)cc21. The van der Waals surface area contributed by atoms with Crippen LogP contribution in [-0.2, 0) is 4.74 Å². The second-order valence-electron chi connectivity index (χ2n) is 5.92. The van der Waals surface area contributed by atoms with Crippen molar-refractivity contribution in [3.63, 3.8) is 0 Å². The molecule has 1 heterocycles. The molecule has 2 aromatic rings. The average molecular weight is 309 g/mol. The third-order valence-electron chi connectivity index (χ3n) is 3.82. The number of aryl methyl sites for hydroxylation is 1. The van der Waals surface area contributed by atoms with Crippen LogP contribution in [0.2, 0.25) is 0 Å². The van der Waals surface area contributed by atoms with Crippen molar-refractivity contribution in [2.45, 2.75) is 46.0 Å². The minimum Gasteiger partial charge on any atom is -0.380 e. The summed E-state index contributed by atoms with van der Waals surface area (Å²) in [5, 5.41) is -0.124. The van der Waals surface area contributed by atoms with Gasteiger partial charge in [0, 0.05) is 6.61 Å². The van der Waals surface area contributed by atoms with Gasteiger partial charge in [0.1, 0.15) is 5.82 Å². The Balaban J connectivity index is 2.61. The average Bonchev–Trinajstić information content (AvgIpc) is 2.78. The maximum absolute atomic E-state index is 6.38. The first-order valence-electron chi connectivity index (χ1n) is 7.66. The topological polar surface area (TPSA) is 27.1 Å². The molecule has 0 amide bonds. The zero-order chi connectivity index (χ0) is 15.6. The highest BCUT2D eigenvalue weighted by Gasteiger charge is 2.24. The number of benzene rings is 1. The molecule has 1 aromatic carbocycles. The monoisotopic (exact) mass is 308 g/mol. The lowest BCUT2D eigenvalue weighted by molar-refractivity contribution is 0.0968. The molecule has 2 rings (SSSR count). The fourth-order valence-electron chi connectivity index (χ4n) is 2.65. The summed E-state index contributed by atoms with van der Waals surface area (Å²) in [5.74, 6) is 1.37. The summed E-state index contributed by atoms with van der Waals surface area (Å²) in [4.78, 5) is 4.74. The molecule has 2 atom stereocenters. The quantitative estimate of drug-likeness (QED) is 0.711. The summed E-state index contributed by atoms with van der Waals surface area (Å²) in [6.45, 7) is 11.9. The molecule has 4 heteroatoms. The van der Waals surface area contributed by atoms with Crippen LogP contribution < -0.4 is 0 Å². The first-order chi connectivity index (χ1) is 9.95. The van der Waals surface area contributed by atoms with Gasteiger partial charge >= 0.3 is 0 Å². The van der Waals surface area contributed by atoms with Crippen molar-refractivity contribution in [2.75, 3.05) is 13.2 Å². The van der Waals surface area contributed by atoms with Crippen LogP contribution in [0.5, 0.6) is 0 Å². The number of halogens is 1. The Kier molecular flexibility index (Phi) is 5.28. The Morgan fingerprint density at radius 1 is 1.29 bits per heavy atom. The van der Waals surface area contributed by atoms with E-state index in [9.17, 15) is 0 Å². The zero-order valence-corrected chi connectivity index (χ0v) is 14.3. The van der Waals surface area contributed by atoms with Gasteiger partial charge in [-0.05, 0) is 44.4 Å². The van der Waals surface area contributed by atoms with Crippen LogP contribution >= 0.6 is 11.6 Å². The van der Waals surface area contributed by atoms with Gasteiger partial charge in [-0.15, -0.1) is 11.6 Å². The van der Waals surface area contributed by atoms with Gasteiger partial charge in [-0.3, -0.25) is 0 Å². The molecule has 0 bridgehead atoms. The van der Waals surface area contributed by atoms with Gasteiger partial charge in [0.15, 0.2) is 0 Å². The van der Waals surface area contributed by atoms with E-state index in [1.54, 1.807) is 0 Å². The van der Waals surface area contributed by atoms with E-state index in [0.717, 1.165) is 23.5 Å². The Morgan fingerprint density at radius 2 is 2.00 bits per heavy atom. The lowest BCUT2D eigenvalue weighted by atomic mass is 10.0. The van der Waals surface area contributed by atoms with Crippen molar-refractivity contribution in [2.24, 2.45) is 5.92 Å². The Bertz CT molecular complexity index is 604. The number of rotatable bonds is 6. The number of alkyl halides is 1. The fourth-order valence-corrected chi connectivity index (χ4v) is 2.81. The summed E-state index contributed by atoms with van der Waals surface area (Å²) in [6, 6.07) is 6.59. The van der Waals surface area contributed by atoms with Gasteiger partial charge in [0.2, 0.25) is 0 Å². The van der Waals surface area contributed by atoms with E-state index in [0.29, 0.717) is 12.5 Å². The molecule has 1 aromatic heterocycles. The van der Waals surface area contributed by atoms with E-state index in [2.05, 4.69) is 43.5 Å². The molecule has 0 saturated heterocycles. The predicted molar refractivity (Wildman–Crippen MR) is 89.1 cm³/mol. The Labute approximate surface area is 132 Å². The number of hydrogen-bond acceptors (Lipinski definition) is 2. The van der Waals surface area contributed by atoms with Gasteiger partial charge < -0.3 is 9.30 Å². The smallest absolute Gasteiger partial charge is 0.128 e. The molecular weight excluding hydrogens is 284 g/mol. The van der Waals surface area contributed by atoms with Crippen LogP contribution in [-0.4, -0.2) is 22.8 Å². The molecule has 3 nitrogen and oxygen atoms in total. The Hall–Kier alpha value is -1.06. The van der Waals surface area contributed by atoms with Crippen LogP contribution in [0.25, 0.3) is 11.0 Å². The van der Waals surface area contributed by atoms with Crippen molar-refractivity contribution in [3.05, 3.63) is 29.6 Å². The number of fused-ring (bicyclic) bond motifs is 1. The number of ether oxygens (including phenoxy) is 1. The largest absolute Gasteiger partial charge is 0.380 e. The summed E-state index contributed by atoms with van der Waals surface area (Å²) >= 11 is 6.38. The lowest BCUT2D eigenvalue weighted by Crippen LogP contribution is -2.23. The summed E-state index contributed by atoms with van der Waals surface area (Å²) in [6.07, 6.45) is 0. The first-order valence-corrected chi connectivity index (χ1v) is 8.09. The zero-order valence-electron chi connectivity index (χ0n) is 13.6. The molecule has 0 aliphatic rings. The highest BCUT2D eigenvalue weighted by molar-refractivity contribution is 6.20. The van der Waals surface area contributed by atoms with Crippen LogP contribution in [0.15, 0.2) is 18.2 Å². The molecular formula is C17H25ClN2O.